The number of nitrogens with zero attached hydrogens (tertiary/aromatic N) is 2. The van der Waals surface area contributed by atoms with Gasteiger partial charge in [-0.15, -0.1) is 0 Å². The van der Waals surface area contributed by atoms with Crippen LogP contribution in [-0.2, 0) is 24.4 Å². The minimum absolute atomic E-state index is 0.00591. The maximum atomic E-state index is 13.8. The van der Waals surface area contributed by atoms with Gasteiger partial charge in [0.05, 0.1) is 12.5 Å². The quantitative estimate of drug-likeness (QED) is 0.820. The highest BCUT2D eigenvalue weighted by molar-refractivity contribution is 5.91. The van der Waals surface area contributed by atoms with Gasteiger partial charge in [0.15, 0.2) is 0 Å². The minimum atomic E-state index is -4.41. The van der Waals surface area contributed by atoms with E-state index in [1.165, 1.54) is 11.6 Å². The first kappa shape index (κ1) is 20.2. The number of likely N-dealkylation sites (N-methyl/N-ethyl adjacent to an activating group) is 1. The lowest BCUT2D eigenvalue weighted by Gasteiger charge is -2.45. The van der Waals surface area contributed by atoms with E-state index in [0.717, 1.165) is 5.56 Å². The van der Waals surface area contributed by atoms with E-state index in [4.69, 9.17) is 0 Å². The summed E-state index contributed by atoms with van der Waals surface area (Å²) in [6.07, 6.45) is -3.50. The van der Waals surface area contributed by atoms with E-state index in [1.54, 1.807) is 13.0 Å². The highest BCUT2D eigenvalue weighted by Gasteiger charge is 2.46. The third-order valence-corrected chi connectivity index (χ3v) is 6.55. The maximum absolute atomic E-state index is 13.8. The second-order valence-electron chi connectivity index (χ2n) is 8.47. The molecule has 1 aliphatic carbocycles. The molecule has 158 valence electrons. The van der Waals surface area contributed by atoms with Crippen LogP contribution in [0.15, 0.2) is 18.2 Å². The van der Waals surface area contributed by atoms with E-state index in [-0.39, 0.29) is 36.4 Å². The number of hydrogen-bond acceptors (Lipinski definition) is 3. The Morgan fingerprint density at radius 3 is 2.72 bits per heavy atom. The van der Waals surface area contributed by atoms with Gasteiger partial charge in [-0.25, -0.2) is 0 Å². The normalized spacial score (nSPS) is 25.7. The molecule has 8 heteroatoms. The van der Waals surface area contributed by atoms with Gasteiger partial charge in [-0.3, -0.25) is 4.79 Å². The first-order valence-electron chi connectivity index (χ1n) is 9.92. The maximum Gasteiger partial charge on any atom is 0.431 e. The van der Waals surface area contributed by atoms with Crippen molar-refractivity contribution in [1.29, 1.82) is 0 Å². The predicted octanol–water partition coefficient (Wildman–Crippen LogP) is 2.65. The van der Waals surface area contributed by atoms with Gasteiger partial charge >= 0.3 is 6.18 Å². The van der Waals surface area contributed by atoms with Crippen molar-refractivity contribution in [2.24, 2.45) is 13.0 Å². The number of hydrogen-bond donors (Lipinski definition) is 2. The van der Waals surface area contributed by atoms with Crippen LogP contribution in [0.2, 0.25) is 0 Å². The molecule has 4 unspecified atom stereocenters. The van der Waals surface area contributed by atoms with Crippen molar-refractivity contribution in [3.63, 3.8) is 0 Å². The molecule has 1 aliphatic heterocycles. The molecule has 0 bridgehead atoms. The van der Waals surface area contributed by atoms with Gasteiger partial charge in [0.2, 0.25) is 5.91 Å². The molecule has 1 saturated heterocycles. The molecule has 0 radical (unpaired) electrons. The summed E-state index contributed by atoms with van der Waals surface area (Å²) >= 11 is 0. The second-order valence-corrected chi connectivity index (χ2v) is 8.47. The van der Waals surface area contributed by atoms with Crippen LogP contribution in [0, 0.1) is 5.92 Å². The van der Waals surface area contributed by atoms with E-state index in [1.807, 2.05) is 24.1 Å². The number of alkyl halides is 3. The highest BCUT2D eigenvalue weighted by atomic mass is 19.4. The van der Waals surface area contributed by atoms with Gasteiger partial charge in [-0.1, -0.05) is 12.1 Å². The van der Waals surface area contributed by atoms with Crippen LogP contribution in [0.3, 0.4) is 0 Å². The number of piperidine rings is 1. The van der Waals surface area contributed by atoms with E-state index in [9.17, 15) is 23.1 Å². The summed E-state index contributed by atoms with van der Waals surface area (Å²) in [6, 6.07) is 5.05. The van der Waals surface area contributed by atoms with Crippen LogP contribution in [0.25, 0.3) is 10.9 Å². The van der Waals surface area contributed by atoms with E-state index < -0.39 is 11.9 Å². The zero-order valence-electron chi connectivity index (χ0n) is 16.8. The summed E-state index contributed by atoms with van der Waals surface area (Å²) in [7, 11) is 3.36. The van der Waals surface area contributed by atoms with Crippen molar-refractivity contribution in [1.82, 2.24) is 14.8 Å². The van der Waals surface area contributed by atoms with Gasteiger partial charge in [0.25, 0.3) is 0 Å². The molecule has 5 nitrogen and oxygen atoms in total. The number of likely N-dealkylation sites (tertiary alicyclic amines) is 1. The fraction of sp³-hybridized carbons (Fsp3) is 0.571. The van der Waals surface area contributed by atoms with Crippen molar-refractivity contribution < 1.29 is 23.1 Å². The summed E-state index contributed by atoms with van der Waals surface area (Å²) in [4.78, 5) is 14.7. The molecule has 4 atom stereocenters. The van der Waals surface area contributed by atoms with Crippen LogP contribution in [0.4, 0.5) is 13.2 Å². The van der Waals surface area contributed by atoms with Gasteiger partial charge in [0, 0.05) is 42.5 Å². The molecule has 2 heterocycles. The number of aromatic nitrogens is 1. The van der Waals surface area contributed by atoms with Crippen LogP contribution >= 0.6 is 0 Å². The Morgan fingerprint density at radius 1 is 1.34 bits per heavy atom. The number of amides is 1. The molecule has 29 heavy (non-hydrogen) atoms. The summed E-state index contributed by atoms with van der Waals surface area (Å²) in [6.45, 7) is 2.10. The van der Waals surface area contributed by atoms with Crippen molar-refractivity contribution in [2.75, 3.05) is 20.2 Å². The molecular weight excluding hydrogens is 383 g/mol. The average Bonchev–Trinajstić information content (AvgIpc) is 2.95. The number of carbonyl (C=O) groups excluding carboxylic acids is 1. The van der Waals surface area contributed by atoms with Gasteiger partial charge in [-0.05, 0) is 44.0 Å². The first-order chi connectivity index (χ1) is 13.6. The van der Waals surface area contributed by atoms with E-state index in [0.29, 0.717) is 35.9 Å². The van der Waals surface area contributed by atoms with Crippen molar-refractivity contribution >= 4 is 16.8 Å². The number of rotatable bonds is 3. The Bertz CT molecular complexity index is 953. The summed E-state index contributed by atoms with van der Waals surface area (Å²) in [5.41, 5.74) is 1.30. The Kier molecular flexibility index (Phi) is 4.90. The molecule has 1 aromatic carbocycles. The number of benzene rings is 1. The number of fused-ring (bicyclic) bond motifs is 2. The molecule has 4 rings (SSSR count). The number of aliphatic hydroxyl groups is 1. The second kappa shape index (κ2) is 7.02. The molecule has 2 aromatic rings. The Labute approximate surface area is 167 Å². The summed E-state index contributed by atoms with van der Waals surface area (Å²) < 4.78 is 42.7. The van der Waals surface area contributed by atoms with E-state index >= 15 is 0 Å². The lowest BCUT2D eigenvalue weighted by Crippen LogP contribution is -2.52. The van der Waals surface area contributed by atoms with Gasteiger partial charge < -0.3 is 19.9 Å². The Hall–Kier alpha value is -2.06. The Morgan fingerprint density at radius 2 is 2.07 bits per heavy atom. The lowest BCUT2D eigenvalue weighted by molar-refractivity contribution is -0.143. The lowest BCUT2D eigenvalue weighted by atomic mass is 9.72. The molecule has 0 spiro atoms. The molecule has 1 fully saturated rings. The van der Waals surface area contributed by atoms with Crippen molar-refractivity contribution in [3.05, 3.63) is 35.0 Å². The van der Waals surface area contributed by atoms with Gasteiger partial charge in [-0.2, -0.15) is 13.2 Å². The van der Waals surface area contributed by atoms with Crippen LogP contribution < -0.4 is 5.32 Å². The molecule has 0 saturated carbocycles. The third kappa shape index (κ3) is 3.22. The number of halogens is 3. The third-order valence-electron chi connectivity index (χ3n) is 6.55. The van der Waals surface area contributed by atoms with Crippen LogP contribution in [-0.4, -0.2) is 52.8 Å². The fourth-order valence-electron chi connectivity index (χ4n) is 5.24. The molecule has 2 N–H and O–H groups in total. The topological polar surface area (TPSA) is 57.5 Å². The molecular formula is C21H26F3N3O2. The van der Waals surface area contributed by atoms with Gasteiger partial charge in [0.1, 0.15) is 5.69 Å². The van der Waals surface area contributed by atoms with E-state index in [2.05, 4.69) is 5.32 Å². The summed E-state index contributed by atoms with van der Waals surface area (Å²) in [5.74, 6) is -0.384. The number of aliphatic hydroxyl groups excluding tert-OH is 1. The predicted molar refractivity (Wildman–Crippen MR) is 104 cm³/mol. The average molecular weight is 409 g/mol. The standard InChI is InChI=1S/C21H26F3N3O2/c1-11(10-28)25-20(29)12-7-14-13-5-4-6-16-18(13)15(8-17(14)26(2)9-12)19(27(16)3)21(22,23)24/h4-6,11-12,14,17,28H,7-10H2,1-3H3,(H,25,29). The number of aryl methyl sites for hydroxylation is 1. The largest absolute Gasteiger partial charge is 0.431 e. The van der Waals surface area contributed by atoms with Crippen molar-refractivity contribution in [2.45, 2.75) is 43.9 Å². The Balaban J connectivity index is 1.77. The monoisotopic (exact) mass is 409 g/mol. The van der Waals surface area contributed by atoms with Crippen LogP contribution in [0.1, 0.15) is 36.1 Å². The first-order valence-corrected chi connectivity index (χ1v) is 9.92. The summed E-state index contributed by atoms with van der Waals surface area (Å²) in [5, 5.41) is 12.7. The fourth-order valence-corrected chi connectivity index (χ4v) is 5.24. The number of carbonyl (C=O) groups is 1. The molecule has 2 aliphatic rings. The van der Waals surface area contributed by atoms with Crippen molar-refractivity contribution in [3.8, 4) is 0 Å². The zero-order valence-corrected chi connectivity index (χ0v) is 16.8. The SMILES string of the molecule is CC(CO)NC(=O)C1CC2c3cccc4c3c(c(C(F)(F)F)n4C)CC2N(C)C1. The minimum Gasteiger partial charge on any atom is -0.394 e. The number of nitrogens with one attached hydrogen (secondary N) is 1. The highest BCUT2D eigenvalue weighted by Crippen LogP contribution is 2.48. The molecule has 1 amide bonds. The zero-order chi connectivity index (χ0) is 21.1. The van der Waals surface area contributed by atoms with Crippen LogP contribution in [0.5, 0.6) is 0 Å². The smallest absolute Gasteiger partial charge is 0.394 e. The molecule has 1 aromatic heterocycles.